The first-order valence-corrected chi connectivity index (χ1v) is 7.58. The van der Waals surface area contributed by atoms with Gasteiger partial charge in [0.25, 0.3) is 0 Å². The van der Waals surface area contributed by atoms with Gasteiger partial charge in [0.2, 0.25) is 0 Å². The zero-order valence-electron chi connectivity index (χ0n) is 11.4. The van der Waals surface area contributed by atoms with Gasteiger partial charge in [-0.3, -0.25) is 0 Å². The number of hydrogen-bond acceptors (Lipinski definition) is 2. The summed E-state index contributed by atoms with van der Waals surface area (Å²) in [4.78, 5) is 0. The molecule has 20 heavy (non-hydrogen) atoms. The summed E-state index contributed by atoms with van der Waals surface area (Å²) in [6.45, 7) is 3.95. The molecule has 0 amide bonds. The largest absolute Gasteiger partial charge is 0.484 e. The van der Waals surface area contributed by atoms with E-state index in [0.717, 1.165) is 21.3 Å². The molecule has 2 atom stereocenters. The van der Waals surface area contributed by atoms with Crippen LogP contribution in [-0.4, -0.2) is 6.04 Å². The molecule has 0 radical (unpaired) electrons. The fraction of sp³-hybridized carbons (Fsp3) is 0.250. The summed E-state index contributed by atoms with van der Waals surface area (Å²) in [5.41, 5.74) is 8.16. The van der Waals surface area contributed by atoms with Gasteiger partial charge in [0.05, 0.1) is 0 Å². The highest BCUT2D eigenvalue weighted by molar-refractivity contribution is 9.10. The summed E-state index contributed by atoms with van der Waals surface area (Å²) >= 11 is 9.52. The Morgan fingerprint density at radius 3 is 2.55 bits per heavy atom. The zero-order valence-corrected chi connectivity index (χ0v) is 13.8. The molecule has 2 aromatic rings. The number of nitrogens with two attached hydrogens (primary N) is 1. The Balaban J connectivity index is 2.28. The van der Waals surface area contributed by atoms with E-state index >= 15 is 0 Å². The van der Waals surface area contributed by atoms with Gasteiger partial charge in [0.15, 0.2) is 0 Å². The number of benzene rings is 2. The van der Waals surface area contributed by atoms with Crippen molar-refractivity contribution < 1.29 is 4.74 Å². The van der Waals surface area contributed by atoms with Gasteiger partial charge in [-0.15, -0.1) is 0 Å². The Morgan fingerprint density at radius 1 is 1.20 bits per heavy atom. The maximum atomic E-state index is 6.06. The van der Waals surface area contributed by atoms with Gasteiger partial charge in [-0.25, -0.2) is 0 Å². The molecule has 2 unspecified atom stereocenters. The zero-order chi connectivity index (χ0) is 14.7. The molecule has 0 spiro atoms. The Morgan fingerprint density at radius 2 is 1.95 bits per heavy atom. The van der Waals surface area contributed by atoms with Crippen molar-refractivity contribution in [3.8, 4) is 5.75 Å². The second kappa shape index (κ2) is 6.61. The van der Waals surface area contributed by atoms with Crippen LogP contribution < -0.4 is 10.5 Å². The van der Waals surface area contributed by atoms with Crippen molar-refractivity contribution in [2.75, 3.05) is 0 Å². The minimum absolute atomic E-state index is 0.141. The predicted molar refractivity (Wildman–Crippen MR) is 87.3 cm³/mol. The van der Waals surface area contributed by atoms with Crippen molar-refractivity contribution in [1.82, 2.24) is 0 Å². The quantitative estimate of drug-likeness (QED) is 0.849. The lowest BCUT2D eigenvalue weighted by Gasteiger charge is -2.23. The van der Waals surface area contributed by atoms with Crippen LogP contribution in [0.2, 0.25) is 5.02 Å². The second-order valence-corrected chi connectivity index (χ2v) is 6.15. The molecule has 4 heteroatoms. The van der Waals surface area contributed by atoms with Crippen LogP contribution in [0.15, 0.2) is 46.9 Å². The van der Waals surface area contributed by atoms with Crippen LogP contribution in [0.25, 0.3) is 0 Å². The molecule has 2 nitrogen and oxygen atoms in total. The van der Waals surface area contributed by atoms with Gasteiger partial charge in [0.1, 0.15) is 11.9 Å². The fourth-order valence-electron chi connectivity index (χ4n) is 2.00. The highest BCUT2D eigenvalue weighted by Gasteiger charge is 2.18. The Kier molecular flexibility index (Phi) is 5.08. The van der Waals surface area contributed by atoms with Gasteiger partial charge >= 0.3 is 0 Å². The van der Waals surface area contributed by atoms with E-state index in [4.69, 9.17) is 22.1 Å². The van der Waals surface area contributed by atoms with E-state index in [1.165, 1.54) is 0 Å². The Labute approximate surface area is 133 Å². The number of halogens is 2. The Bertz CT molecular complexity index is 601. The van der Waals surface area contributed by atoms with Crippen molar-refractivity contribution in [3.63, 3.8) is 0 Å². The molecule has 2 rings (SSSR count). The standard InChI is InChI=1S/C16H17BrClNO/c1-10-8-14(6-7-15(10)17)20-16(11(2)19)12-4-3-5-13(18)9-12/h3-9,11,16H,19H2,1-2H3. The highest BCUT2D eigenvalue weighted by atomic mass is 79.9. The van der Waals surface area contributed by atoms with Crippen molar-refractivity contribution in [3.05, 3.63) is 63.1 Å². The van der Waals surface area contributed by atoms with Gasteiger partial charge in [-0.2, -0.15) is 0 Å². The maximum Gasteiger partial charge on any atom is 0.138 e. The average molecular weight is 355 g/mol. The lowest BCUT2D eigenvalue weighted by molar-refractivity contribution is 0.180. The van der Waals surface area contributed by atoms with Crippen molar-refractivity contribution >= 4 is 27.5 Å². The molecule has 0 aromatic heterocycles. The monoisotopic (exact) mass is 353 g/mol. The first kappa shape index (κ1) is 15.4. The number of hydrogen-bond donors (Lipinski definition) is 1. The number of ether oxygens (including phenoxy) is 1. The van der Waals surface area contributed by atoms with Crippen LogP contribution in [0.1, 0.15) is 24.2 Å². The van der Waals surface area contributed by atoms with Crippen LogP contribution >= 0.6 is 27.5 Å². The normalized spacial score (nSPS) is 13.8. The number of aryl methyl sites for hydroxylation is 1. The third-order valence-corrected chi connectivity index (χ3v) is 4.17. The molecular weight excluding hydrogens is 338 g/mol. The first-order chi connectivity index (χ1) is 9.47. The van der Waals surface area contributed by atoms with Crippen LogP contribution in [0.3, 0.4) is 0 Å². The van der Waals surface area contributed by atoms with Gasteiger partial charge in [-0.05, 0) is 55.3 Å². The third kappa shape index (κ3) is 3.75. The summed E-state index contributed by atoms with van der Waals surface area (Å²) in [7, 11) is 0. The molecule has 0 aliphatic rings. The van der Waals surface area contributed by atoms with E-state index in [0.29, 0.717) is 5.02 Å². The maximum absolute atomic E-state index is 6.06. The van der Waals surface area contributed by atoms with Crippen molar-refractivity contribution in [2.24, 2.45) is 5.73 Å². The van der Waals surface area contributed by atoms with Crippen LogP contribution in [-0.2, 0) is 0 Å². The van der Waals surface area contributed by atoms with E-state index in [-0.39, 0.29) is 12.1 Å². The van der Waals surface area contributed by atoms with Crippen LogP contribution in [0.5, 0.6) is 5.75 Å². The average Bonchev–Trinajstić information content (AvgIpc) is 2.39. The fourth-order valence-corrected chi connectivity index (χ4v) is 2.44. The molecule has 0 aliphatic carbocycles. The summed E-state index contributed by atoms with van der Waals surface area (Å²) in [6, 6.07) is 13.4. The van der Waals surface area contributed by atoms with Crippen molar-refractivity contribution in [1.29, 1.82) is 0 Å². The molecule has 2 aromatic carbocycles. The first-order valence-electron chi connectivity index (χ1n) is 6.41. The molecule has 106 valence electrons. The minimum Gasteiger partial charge on any atom is -0.484 e. The van der Waals surface area contributed by atoms with E-state index in [9.17, 15) is 0 Å². The predicted octanol–water partition coefficient (Wildman–Crippen LogP) is 4.88. The highest BCUT2D eigenvalue weighted by Crippen LogP contribution is 2.28. The van der Waals surface area contributed by atoms with E-state index in [1.54, 1.807) is 0 Å². The van der Waals surface area contributed by atoms with E-state index in [1.807, 2.05) is 56.3 Å². The Hall–Kier alpha value is -1.03. The lowest BCUT2D eigenvalue weighted by Crippen LogP contribution is -2.29. The third-order valence-electron chi connectivity index (χ3n) is 3.05. The van der Waals surface area contributed by atoms with E-state index < -0.39 is 0 Å². The smallest absolute Gasteiger partial charge is 0.138 e. The SMILES string of the molecule is Cc1cc(OC(c2cccc(Cl)c2)C(C)N)ccc1Br. The van der Waals surface area contributed by atoms with Gasteiger partial charge in [0, 0.05) is 15.5 Å². The molecular formula is C16H17BrClNO. The molecule has 2 N–H and O–H groups in total. The molecule has 0 fully saturated rings. The van der Waals surface area contributed by atoms with Crippen molar-refractivity contribution in [2.45, 2.75) is 26.0 Å². The molecule has 0 bridgehead atoms. The summed E-state index contributed by atoms with van der Waals surface area (Å²) < 4.78 is 7.11. The summed E-state index contributed by atoms with van der Waals surface area (Å²) in [5, 5.41) is 0.684. The van der Waals surface area contributed by atoms with Gasteiger partial charge < -0.3 is 10.5 Å². The molecule has 0 saturated heterocycles. The molecule has 0 heterocycles. The summed E-state index contributed by atoms with van der Waals surface area (Å²) in [5.74, 6) is 0.799. The lowest BCUT2D eigenvalue weighted by atomic mass is 10.0. The minimum atomic E-state index is -0.228. The van der Waals surface area contributed by atoms with Gasteiger partial charge in [-0.1, -0.05) is 39.7 Å². The second-order valence-electron chi connectivity index (χ2n) is 4.86. The van der Waals surface area contributed by atoms with E-state index in [2.05, 4.69) is 15.9 Å². The van der Waals surface area contributed by atoms with Crippen LogP contribution in [0, 0.1) is 6.92 Å². The molecule has 0 aliphatic heterocycles. The molecule has 0 saturated carbocycles. The van der Waals surface area contributed by atoms with Crippen LogP contribution in [0.4, 0.5) is 0 Å². The number of rotatable bonds is 4. The topological polar surface area (TPSA) is 35.2 Å². The summed E-state index contributed by atoms with van der Waals surface area (Å²) in [6.07, 6.45) is -0.228.